The molecule has 0 bridgehead atoms. The van der Waals surface area contributed by atoms with Crippen LogP contribution in [0.15, 0.2) is 21.7 Å². The van der Waals surface area contributed by atoms with Crippen LogP contribution < -0.4 is 11.1 Å². The predicted octanol–water partition coefficient (Wildman–Crippen LogP) is 0.428. The molecule has 0 atom stereocenters. The molecule has 0 aliphatic carbocycles. The van der Waals surface area contributed by atoms with Gasteiger partial charge in [0.05, 0.1) is 5.41 Å². The summed E-state index contributed by atoms with van der Waals surface area (Å²) in [6, 6.07) is 2.36. The predicted molar refractivity (Wildman–Crippen MR) is 62.0 cm³/mol. The smallest absolute Gasteiger partial charge is 0.309 e. The zero-order chi connectivity index (χ0) is 13.1. The van der Waals surface area contributed by atoms with Crippen molar-refractivity contribution in [2.75, 3.05) is 0 Å². The third-order valence-corrected chi connectivity index (χ3v) is 2.65. The Morgan fingerprint density at radius 3 is 2.65 bits per heavy atom. The van der Waals surface area contributed by atoms with E-state index in [0.29, 0.717) is 19.4 Å². The number of aryl methyl sites for hydroxylation is 1. The number of aliphatic carboxylic acids is 1. The Morgan fingerprint density at radius 1 is 1.41 bits per heavy atom. The molecule has 0 aliphatic rings. The first-order chi connectivity index (χ1) is 7.83. The van der Waals surface area contributed by atoms with Crippen molar-refractivity contribution in [2.24, 2.45) is 5.41 Å². The van der Waals surface area contributed by atoms with Gasteiger partial charge >= 0.3 is 5.97 Å². The highest BCUT2D eigenvalue weighted by atomic mass is 16.4. The summed E-state index contributed by atoms with van der Waals surface area (Å²) in [7, 11) is 0. The Hall–Kier alpha value is -1.85. The molecule has 0 aromatic carbocycles. The average molecular weight is 240 g/mol. The van der Waals surface area contributed by atoms with Gasteiger partial charge in [0.2, 0.25) is 0 Å². The first-order valence-electron chi connectivity index (χ1n) is 5.36. The molecular formula is C11H16N2O4. The standard InChI is InChI=1S/C11H16N2O4/c1-11(2,10(16)17)6-3-7-13-9(15)5-4-8(14)12-13/h4-5H,3,6-7H2,1-2H3,(H,12,14)(H,16,17). The average Bonchev–Trinajstić information content (AvgIpc) is 2.22. The molecule has 0 radical (unpaired) electrons. The van der Waals surface area contributed by atoms with E-state index < -0.39 is 11.4 Å². The van der Waals surface area contributed by atoms with Gasteiger partial charge in [-0.05, 0) is 26.7 Å². The minimum Gasteiger partial charge on any atom is -0.481 e. The van der Waals surface area contributed by atoms with Gasteiger partial charge in [-0.1, -0.05) is 0 Å². The molecule has 1 rings (SSSR count). The SMILES string of the molecule is CC(C)(CCCn1[nH]c(=O)ccc1=O)C(=O)O. The van der Waals surface area contributed by atoms with Gasteiger partial charge < -0.3 is 5.11 Å². The van der Waals surface area contributed by atoms with Crippen molar-refractivity contribution in [3.8, 4) is 0 Å². The molecule has 1 aromatic rings. The second-order valence-electron chi connectivity index (χ2n) is 4.59. The number of hydrogen-bond acceptors (Lipinski definition) is 3. The van der Waals surface area contributed by atoms with Crippen LogP contribution in [-0.4, -0.2) is 20.9 Å². The number of aromatic nitrogens is 2. The van der Waals surface area contributed by atoms with Crippen molar-refractivity contribution in [3.63, 3.8) is 0 Å². The lowest BCUT2D eigenvalue weighted by Crippen LogP contribution is -2.29. The van der Waals surface area contributed by atoms with Gasteiger partial charge in [-0.3, -0.25) is 24.2 Å². The first-order valence-corrected chi connectivity index (χ1v) is 5.36. The number of hydrogen-bond donors (Lipinski definition) is 2. The zero-order valence-electron chi connectivity index (χ0n) is 9.90. The van der Waals surface area contributed by atoms with Gasteiger partial charge in [0, 0.05) is 18.7 Å². The Bertz CT molecular complexity index is 513. The van der Waals surface area contributed by atoms with E-state index in [-0.39, 0.29) is 11.1 Å². The van der Waals surface area contributed by atoms with E-state index in [2.05, 4.69) is 5.10 Å². The van der Waals surface area contributed by atoms with Crippen LogP contribution in [0.3, 0.4) is 0 Å². The summed E-state index contributed by atoms with van der Waals surface area (Å²) in [5.41, 5.74) is -1.46. The van der Waals surface area contributed by atoms with Gasteiger partial charge in [0.1, 0.15) is 0 Å². The lowest BCUT2D eigenvalue weighted by Gasteiger charge is -2.18. The van der Waals surface area contributed by atoms with Crippen molar-refractivity contribution in [1.82, 2.24) is 9.78 Å². The van der Waals surface area contributed by atoms with Gasteiger partial charge in [-0.15, -0.1) is 0 Å². The highest BCUT2D eigenvalue weighted by Gasteiger charge is 2.26. The van der Waals surface area contributed by atoms with Crippen LogP contribution in [0, 0.1) is 5.41 Å². The van der Waals surface area contributed by atoms with E-state index in [1.54, 1.807) is 13.8 Å². The molecule has 0 amide bonds. The van der Waals surface area contributed by atoms with Crippen molar-refractivity contribution in [1.29, 1.82) is 0 Å². The zero-order valence-corrected chi connectivity index (χ0v) is 9.90. The third kappa shape index (κ3) is 3.58. The Kier molecular flexibility index (Phi) is 3.88. The number of carbonyl (C=O) groups is 1. The van der Waals surface area contributed by atoms with Crippen LogP contribution in [0.1, 0.15) is 26.7 Å². The largest absolute Gasteiger partial charge is 0.481 e. The lowest BCUT2D eigenvalue weighted by atomic mass is 9.88. The third-order valence-electron chi connectivity index (χ3n) is 2.65. The van der Waals surface area contributed by atoms with Gasteiger partial charge in [-0.25, -0.2) is 0 Å². The number of carboxylic acid groups (broad SMARTS) is 1. The molecule has 0 aliphatic heterocycles. The summed E-state index contributed by atoms with van der Waals surface area (Å²) in [6.45, 7) is 3.57. The molecule has 0 spiro atoms. The van der Waals surface area contributed by atoms with E-state index >= 15 is 0 Å². The fraction of sp³-hybridized carbons (Fsp3) is 0.545. The van der Waals surface area contributed by atoms with Crippen molar-refractivity contribution in [2.45, 2.75) is 33.2 Å². The number of nitrogens with zero attached hydrogens (tertiary/aromatic N) is 1. The molecule has 2 N–H and O–H groups in total. The maximum Gasteiger partial charge on any atom is 0.309 e. The summed E-state index contributed by atoms with van der Waals surface area (Å²) in [4.78, 5) is 33.2. The second-order valence-corrected chi connectivity index (χ2v) is 4.59. The van der Waals surface area contributed by atoms with Crippen LogP contribution >= 0.6 is 0 Å². The number of rotatable bonds is 5. The number of carboxylic acids is 1. The molecule has 1 heterocycles. The molecule has 0 saturated heterocycles. The fourth-order valence-electron chi connectivity index (χ4n) is 1.41. The van der Waals surface area contributed by atoms with E-state index in [4.69, 9.17) is 5.11 Å². The summed E-state index contributed by atoms with van der Waals surface area (Å²) >= 11 is 0. The molecule has 1 aromatic heterocycles. The molecule has 6 heteroatoms. The topological polar surface area (TPSA) is 92.2 Å². The Labute approximate surface area is 97.9 Å². The van der Waals surface area contributed by atoms with Crippen LogP contribution in [0.2, 0.25) is 0 Å². The molecular weight excluding hydrogens is 224 g/mol. The maximum absolute atomic E-state index is 11.3. The molecule has 0 saturated carbocycles. The first kappa shape index (κ1) is 13.2. The van der Waals surface area contributed by atoms with Gasteiger partial charge in [0.15, 0.2) is 0 Å². The van der Waals surface area contributed by atoms with Crippen molar-refractivity contribution >= 4 is 5.97 Å². The molecule has 6 nitrogen and oxygen atoms in total. The summed E-state index contributed by atoms with van der Waals surface area (Å²) in [5.74, 6) is -0.869. The van der Waals surface area contributed by atoms with Crippen LogP contribution in [0.4, 0.5) is 0 Å². The minimum atomic E-state index is -0.869. The van der Waals surface area contributed by atoms with Crippen LogP contribution in [0.5, 0.6) is 0 Å². The minimum absolute atomic E-state index is 0.294. The fourth-order valence-corrected chi connectivity index (χ4v) is 1.41. The quantitative estimate of drug-likeness (QED) is 0.780. The molecule has 94 valence electrons. The summed E-state index contributed by atoms with van der Waals surface area (Å²) in [6.07, 6.45) is 0.949. The maximum atomic E-state index is 11.3. The summed E-state index contributed by atoms with van der Waals surface area (Å²) in [5, 5.41) is 11.3. The molecule has 0 unspecified atom stereocenters. The highest BCUT2D eigenvalue weighted by Crippen LogP contribution is 2.22. The van der Waals surface area contributed by atoms with E-state index in [1.165, 1.54) is 16.8 Å². The highest BCUT2D eigenvalue weighted by molar-refractivity contribution is 5.73. The van der Waals surface area contributed by atoms with E-state index in [1.807, 2.05) is 0 Å². The Morgan fingerprint density at radius 2 is 2.06 bits per heavy atom. The second kappa shape index (κ2) is 4.99. The normalized spacial score (nSPS) is 11.4. The van der Waals surface area contributed by atoms with Crippen LogP contribution in [0.25, 0.3) is 0 Å². The Balaban J connectivity index is 2.63. The van der Waals surface area contributed by atoms with Crippen LogP contribution in [-0.2, 0) is 11.3 Å². The van der Waals surface area contributed by atoms with Gasteiger partial charge in [-0.2, -0.15) is 0 Å². The van der Waals surface area contributed by atoms with E-state index in [9.17, 15) is 14.4 Å². The monoisotopic (exact) mass is 240 g/mol. The number of H-pyrrole nitrogens is 1. The molecule has 17 heavy (non-hydrogen) atoms. The lowest BCUT2D eigenvalue weighted by molar-refractivity contribution is -0.147. The van der Waals surface area contributed by atoms with E-state index in [0.717, 1.165) is 0 Å². The number of nitrogens with one attached hydrogen (secondary N) is 1. The number of aromatic amines is 1. The van der Waals surface area contributed by atoms with Crippen molar-refractivity contribution < 1.29 is 9.90 Å². The molecule has 0 fully saturated rings. The van der Waals surface area contributed by atoms with Gasteiger partial charge in [0.25, 0.3) is 11.1 Å². The van der Waals surface area contributed by atoms with Crippen molar-refractivity contribution in [3.05, 3.63) is 32.8 Å². The summed E-state index contributed by atoms with van der Waals surface area (Å²) < 4.78 is 1.19.